The maximum atomic E-state index is 6.05. The van der Waals surface area contributed by atoms with E-state index in [0.717, 1.165) is 40.5 Å². The Morgan fingerprint density at radius 1 is 0.857 bits per heavy atom. The van der Waals surface area contributed by atoms with Gasteiger partial charge in [-0.2, -0.15) is 0 Å². The van der Waals surface area contributed by atoms with Crippen molar-refractivity contribution in [2.24, 2.45) is 17.6 Å². The number of nitrogens with two attached hydrogens (primary N) is 1. The number of hydrogen-bond donors (Lipinski definition) is 2. The summed E-state index contributed by atoms with van der Waals surface area (Å²) in [4.78, 5) is 0. The van der Waals surface area contributed by atoms with Gasteiger partial charge in [0.15, 0.2) is 0 Å². The van der Waals surface area contributed by atoms with E-state index < -0.39 is 0 Å². The average Bonchev–Trinajstić information content (AvgIpc) is 3.19. The first-order chi connectivity index (χ1) is 13.7. The van der Waals surface area contributed by atoms with Crippen LogP contribution in [0.1, 0.15) is 63.5 Å². The number of nitrogens with one attached hydrogen (secondary N) is 1. The van der Waals surface area contributed by atoms with E-state index in [2.05, 4.69) is 11.4 Å². The minimum Gasteiger partial charge on any atom is -0.460 e. The van der Waals surface area contributed by atoms with Crippen molar-refractivity contribution in [3.63, 3.8) is 0 Å². The largest absolute Gasteiger partial charge is 0.460 e. The number of furan rings is 1. The molecule has 1 aromatic heterocycles. The molecule has 2 fully saturated rings. The molecule has 0 aliphatic heterocycles. The third kappa shape index (κ3) is 5.40. The summed E-state index contributed by atoms with van der Waals surface area (Å²) in [5, 5.41) is 4.46. The van der Waals surface area contributed by atoms with Crippen LogP contribution in [-0.4, -0.2) is 12.1 Å². The Balaban J connectivity index is 1.19. The van der Waals surface area contributed by atoms with Crippen molar-refractivity contribution in [1.82, 2.24) is 5.32 Å². The molecular formula is C24H33ClN2O. The molecule has 3 nitrogen and oxygen atoms in total. The van der Waals surface area contributed by atoms with E-state index in [1.165, 1.54) is 57.8 Å². The molecule has 0 unspecified atom stereocenters. The van der Waals surface area contributed by atoms with Gasteiger partial charge in [-0.1, -0.05) is 11.6 Å². The summed E-state index contributed by atoms with van der Waals surface area (Å²) in [6, 6.07) is 13.0. The maximum absolute atomic E-state index is 6.05. The zero-order chi connectivity index (χ0) is 19.3. The molecule has 4 heteroatoms. The van der Waals surface area contributed by atoms with E-state index in [1.54, 1.807) is 0 Å². The summed E-state index contributed by atoms with van der Waals surface area (Å²) >= 11 is 5.96. The lowest BCUT2D eigenvalue weighted by Gasteiger charge is -2.33. The Bertz CT molecular complexity index is 725. The van der Waals surface area contributed by atoms with E-state index in [1.807, 2.05) is 30.3 Å². The van der Waals surface area contributed by atoms with E-state index in [0.29, 0.717) is 12.1 Å². The van der Waals surface area contributed by atoms with Crippen LogP contribution in [0.15, 0.2) is 40.8 Å². The fraction of sp³-hybridized carbons (Fsp3) is 0.583. The summed E-state index contributed by atoms with van der Waals surface area (Å²) in [5.74, 6) is 3.77. The summed E-state index contributed by atoms with van der Waals surface area (Å²) < 4.78 is 6.02. The first-order valence-corrected chi connectivity index (χ1v) is 11.4. The highest BCUT2D eigenvalue weighted by atomic mass is 35.5. The van der Waals surface area contributed by atoms with Crippen molar-refractivity contribution in [1.29, 1.82) is 0 Å². The second-order valence-corrected chi connectivity index (χ2v) is 9.32. The van der Waals surface area contributed by atoms with E-state index in [4.69, 9.17) is 21.8 Å². The molecule has 0 saturated heterocycles. The lowest BCUT2D eigenvalue weighted by Crippen LogP contribution is -2.33. The fourth-order valence-electron chi connectivity index (χ4n) is 4.98. The Morgan fingerprint density at radius 3 is 2.18 bits per heavy atom. The zero-order valence-electron chi connectivity index (χ0n) is 16.7. The summed E-state index contributed by atoms with van der Waals surface area (Å²) in [6.45, 7) is 0.809. The fourth-order valence-corrected chi connectivity index (χ4v) is 5.11. The molecule has 0 amide bonds. The highest BCUT2D eigenvalue weighted by Gasteiger charge is 2.26. The van der Waals surface area contributed by atoms with Gasteiger partial charge in [0, 0.05) is 22.7 Å². The summed E-state index contributed by atoms with van der Waals surface area (Å²) in [5.41, 5.74) is 7.12. The molecule has 2 saturated carbocycles. The molecule has 0 bridgehead atoms. The molecule has 2 aliphatic rings. The molecule has 2 aromatic rings. The van der Waals surface area contributed by atoms with Gasteiger partial charge in [0.25, 0.3) is 0 Å². The second-order valence-electron chi connectivity index (χ2n) is 8.89. The molecule has 0 radical (unpaired) electrons. The van der Waals surface area contributed by atoms with Crippen molar-refractivity contribution < 1.29 is 4.42 Å². The predicted octanol–water partition coefficient (Wildman–Crippen LogP) is 6.16. The van der Waals surface area contributed by atoms with Crippen molar-refractivity contribution in [2.45, 2.75) is 76.4 Å². The maximum Gasteiger partial charge on any atom is 0.134 e. The number of hydrogen-bond acceptors (Lipinski definition) is 3. The predicted molar refractivity (Wildman–Crippen MR) is 116 cm³/mol. The van der Waals surface area contributed by atoms with Crippen molar-refractivity contribution in [3.8, 4) is 11.3 Å². The minimum absolute atomic E-state index is 0.470. The van der Waals surface area contributed by atoms with Crippen LogP contribution in [0.2, 0.25) is 5.02 Å². The monoisotopic (exact) mass is 400 g/mol. The van der Waals surface area contributed by atoms with Gasteiger partial charge in [-0.15, -0.1) is 0 Å². The van der Waals surface area contributed by atoms with Gasteiger partial charge in [-0.05, 0) is 106 Å². The van der Waals surface area contributed by atoms with Crippen LogP contribution in [0.5, 0.6) is 0 Å². The van der Waals surface area contributed by atoms with Crippen LogP contribution < -0.4 is 11.1 Å². The van der Waals surface area contributed by atoms with Gasteiger partial charge in [0.1, 0.15) is 11.5 Å². The molecular weight excluding hydrogens is 368 g/mol. The van der Waals surface area contributed by atoms with Crippen molar-refractivity contribution in [2.75, 3.05) is 0 Å². The molecule has 152 valence electrons. The van der Waals surface area contributed by atoms with Crippen LogP contribution in [-0.2, 0) is 6.54 Å². The third-order valence-electron chi connectivity index (χ3n) is 6.76. The second kappa shape index (κ2) is 9.47. The highest BCUT2D eigenvalue weighted by Crippen LogP contribution is 2.35. The average molecular weight is 401 g/mol. The van der Waals surface area contributed by atoms with E-state index in [-0.39, 0.29) is 0 Å². The zero-order valence-corrected chi connectivity index (χ0v) is 17.5. The molecule has 28 heavy (non-hydrogen) atoms. The smallest absolute Gasteiger partial charge is 0.134 e. The quantitative estimate of drug-likeness (QED) is 0.610. The highest BCUT2D eigenvalue weighted by molar-refractivity contribution is 6.30. The lowest BCUT2D eigenvalue weighted by atomic mass is 9.76. The van der Waals surface area contributed by atoms with Crippen molar-refractivity contribution in [3.05, 3.63) is 47.2 Å². The number of halogens is 1. The SMILES string of the molecule is NC1CCC(CC2CCC(NCc3ccc(-c4ccc(Cl)cc4)o3)CC2)CC1. The normalized spacial score (nSPS) is 28.4. The Hall–Kier alpha value is -1.29. The van der Waals surface area contributed by atoms with Gasteiger partial charge < -0.3 is 15.5 Å². The first kappa shape index (κ1) is 20.0. The Labute approximate surface area is 174 Å². The first-order valence-electron chi connectivity index (χ1n) is 11.0. The topological polar surface area (TPSA) is 51.2 Å². The summed E-state index contributed by atoms with van der Waals surface area (Å²) in [6.07, 6.45) is 11.9. The lowest BCUT2D eigenvalue weighted by molar-refractivity contribution is 0.213. The van der Waals surface area contributed by atoms with Crippen LogP contribution in [0.25, 0.3) is 11.3 Å². The molecule has 3 N–H and O–H groups in total. The minimum atomic E-state index is 0.470. The van der Waals surface area contributed by atoms with Crippen molar-refractivity contribution >= 4 is 11.6 Å². The Kier molecular flexibility index (Phi) is 6.77. The standard InChI is InChI=1S/C24H33ClN2O/c25-20-7-5-19(6-8-20)24-14-13-23(28-24)16-27-22-11-3-18(4-12-22)15-17-1-9-21(26)10-2-17/h5-8,13-14,17-18,21-22,27H,1-4,9-12,15-16,26H2. The summed E-state index contributed by atoms with van der Waals surface area (Å²) in [7, 11) is 0. The van der Waals surface area contributed by atoms with Crippen LogP contribution in [0.4, 0.5) is 0 Å². The van der Waals surface area contributed by atoms with Gasteiger partial charge in [-0.3, -0.25) is 0 Å². The molecule has 1 aromatic carbocycles. The van der Waals surface area contributed by atoms with E-state index >= 15 is 0 Å². The van der Waals surface area contributed by atoms with Crippen LogP contribution in [0.3, 0.4) is 0 Å². The molecule has 0 spiro atoms. The van der Waals surface area contributed by atoms with Gasteiger partial charge in [0.05, 0.1) is 6.54 Å². The van der Waals surface area contributed by atoms with Gasteiger partial charge >= 0.3 is 0 Å². The Morgan fingerprint density at radius 2 is 1.50 bits per heavy atom. The van der Waals surface area contributed by atoms with E-state index in [9.17, 15) is 0 Å². The number of benzene rings is 1. The third-order valence-corrected chi connectivity index (χ3v) is 7.01. The van der Waals surface area contributed by atoms with Crippen LogP contribution >= 0.6 is 11.6 Å². The molecule has 0 atom stereocenters. The molecule has 2 aliphatic carbocycles. The molecule has 4 rings (SSSR count). The van der Waals surface area contributed by atoms with Gasteiger partial charge in [-0.25, -0.2) is 0 Å². The number of rotatable bonds is 6. The van der Waals surface area contributed by atoms with Crippen LogP contribution in [0, 0.1) is 11.8 Å². The van der Waals surface area contributed by atoms with Gasteiger partial charge in [0.2, 0.25) is 0 Å². The molecule has 1 heterocycles.